The molecule has 0 saturated carbocycles. The normalized spacial score (nSPS) is 13.8. The van der Waals surface area contributed by atoms with Gasteiger partial charge in [0.05, 0.1) is 6.10 Å². The Morgan fingerprint density at radius 3 is 2.53 bits per heavy atom. The maximum Gasteiger partial charge on any atom is 0.326 e. The molecule has 0 radical (unpaired) electrons. The topological polar surface area (TPSA) is 87.7 Å². The number of amides is 2. The quantitative estimate of drug-likeness (QED) is 0.595. The monoisotopic (exact) mass is 246 g/mol. The zero-order valence-electron chi connectivity index (χ0n) is 10.7. The largest absolute Gasteiger partial charge is 0.480 e. The van der Waals surface area contributed by atoms with Crippen LogP contribution in [0, 0.1) is 0 Å². The molecular weight excluding hydrogens is 224 g/mol. The lowest BCUT2D eigenvalue weighted by molar-refractivity contribution is -0.139. The predicted octanol–water partition coefficient (Wildman–Crippen LogP) is 0.964. The van der Waals surface area contributed by atoms with Gasteiger partial charge in [-0.05, 0) is 13.3 Å². The number of methoxy groups -OCH3 is 1. The van der Waals surface area contributed by atoms with Gasteiger partial charge < -0.3 is 20.5 Å². The minimum absolute atomic E-state index is 0.0975. The van der Waals surface area contributed by atoms with Crippen LogP contribution in [0.3, 0.4) is 0 Å². The van der Waals surface area contributed by atoms with E-state index < -0.39 is 18.0 Å². The summed E-state index contributed by atoms with van der Waals surface area (Å²) in [6.07, 6.45) is 2.01. The second kappa shape index (κ2) is 8.81. The van der Waals surface area contributed by atoms with Crippen molar-refractivity contribution in [1.29, 1.82) is 0 Å². The van der Waals surface area contributed by atoms with Gasteiger partial charge in [-0.2, -0.15) is 0 Å². The minimum atomic E-state index is -1.01. The van der Waals surface area contributed by atoms with Gasteiger partial charge >= 0.3 is 12.0 Å². The van der Waals surface area contributed by atoms with Crippen LogP contribution in [0.4, 0.5) is 4.79 Å². The first kappa shape index (κ1) is 15.7. The van der Waals surface area contributed by atoms with Crippen LogP contribution in [0.5, 0.6) is 0 Å². The van der Waals surface area contributed by atoms with E-state index in [1.165, 1.54) is 0 Å². The Morgan fingerprint density at radius 1 is 1.41 bits per heavy atom. The van der Waals surface area contributed by atoms with E-state index in [4.69, 9.17) is 9.84 Å². The minimum Gasteiger partial charge on any atom is -0.480 e. The van der Waals surface area contributed by atoms with Crippen LogP contribution in [0.1, 0.15) is 33.1 Å². The highest BCUT2D eigenvalue weighted by Crippen LogP contribution is 2.00. The Bertz CT molecular complexity index is 246. The molecule has 0 heterocycles. The van der Waals surface area contributed by atoms with Gasteiger partial charge in [-0.3, -0.25) is 0 Å². The summed E-state index contributed by atoms with van der Waals surface area (Å²) >= 11 is 0. The molecule has 0 aliphatic carbocycles. The van der Waals surface area contributed by atoms with Crippen molar-refractivity contribution in [2.24, 2.45) is 0 Å². The Labute approximate surface area is 102 Å². The van der Waals surface area contributed by atoms with Crippen molar-refractivity contribution < 1.29 is 19.4 Å². The lowest BCUT2D eigenvalue weighted by Gasteiger charge is -2.16. The number of nitrogens with one attached hydrogen (secondary N) is 2. The highest BCUT2D eigenvalue weighted by molar-refractivity contribution is 5.82. The third-order valence-corrected chi connectivity index (χ3v) is 2.40. The Kier molecular flexibility index (Phi) is 8.13. The highest BCUT2D eigenvalue weighted by atomic mass is 16.5. The summed E-state index contributed by atoms with van der Waals surface area (Å²) < 4.78 is 4.96. The number of carbonyl (C=O) groups is 2. The van der Waals surface area contributed by atoms with Gasteiger partial charge in [-0.25, -0.2) is 9.59 Å². The van der Waals surface area contributed by atoms with E-state index >= 15 is 0 Å². The van der Waals surface area contributed by atoms with Crippen LogP contribution in [-0.2, 0) is 9.53 Å². The maximum atomic E-state index is 11.4. The Balaban J connectivity index is 3.99. The molecule has 0 saturated heterocycles. The highest BCUT2D eigenvalue weighted by Gasteiger charge is 2.18. The van der Waals surface area contributed by atoms with Crippen LogP contribution in [0.15, 0.2) is 0 Å². The third-order valence-electron chi connectivity index (χ3n) is 2.40. The number of hydrogen-bond donors (Lipinski definition) is 3. The number of carboxylic acid groups (broad SMARTS) is 1. The average molecular weight is 246 g/mol. The Morgan fingerprint density at radius 2 is 2.06 bits per heavy atom. The molecule has 6 nitrogen and oxygen atoms in total. The molecule has 2 amide bonds. The molecule has 2 unspecified atom stereocenters. The first-order valence-electron chi connectivity index (χ1n) is 5.81. The molecule has 0 spiro atoms. The molecule has 0 fully saturated rings. The number of rotatable bonds is 8. The van der Waals surface area contributed by atoms with E-state index in [2.05, 4.69) is 10.6 Å². The van der Waals surface area contributed by atoms with Crippen molar-refractivity contribution in [2.45, 2.75) is 45.3 Å². The first-order valence-corrected chi connectivity index (χ1v) is 5.81. The summed E-state index contributed by atoms with van der Waals surface area (Å²) in [5.74, 6) is -1.01. The van der Waals surface area contributed by atoms with Crippen molar-refractivity contribution in [3.63, 3.8) is 0 Å². The molecule has 0 aromatic rings. The lowest BCUT2D eigenvalue weighted by Crippen LogP contribution is -2.47. The van der Waals surface area contributed by atoms with E-state index in [0.29, 0.717) is 13.0 Å². The summed E-state index contributed by atoms with van der Waals surface area (Å²) in [7, 11) is 1.55. The molecule has 0 bridgehead atoms. The van der Waals surface area contributed by atoms with Crippen molar-refractivity contribution >= 4 is 12.0 Å². The summed E-state index contributed by atoms with van der Waals surface area (Å²) in [5, 5.41) is 13.9. The first-order chi connectivity index (χ1) is 8.01. The molecule has 100 valence electrons. The fourth-order valence-corrected chi connectivity index (χ4v) is 1.19. The van der Waals surface area contributed by atoms with E-state index in [1.807, 2.05) is 13.8 Å². The van der Waals surface area contributed by atoms with Gasteiger partial charge in [-0.1, -0.05) is 19.8 Å². The van der Waals surface area contributed by atoms with Gasteiger partial charge in [0.25, 0.3) is 0 Å². The SMILES string of the molecule is CCCCC(NC(=O)NCC(C)OC)C(=O)O. The van der Waals surface area contributed by atoms with Crippen LogP contribution in [0.2, 0.25) is 0 Å². The predicted molar refractivity (Wildman–Crippen MR) is 64.0 cm³/mol. The number of carboxylic acids is 1. The van der Waals surface area contributed by atoms with Crippen molar-refractivity contribution in [2.75, 3.05) is 13.7 Å². The third kappa shape index (κ3) is 7.57. The summed E-state index contributed by atoms with van der Waals surface area (Å²) in [5.41, 5.74) is 0. The van der Waals surface area contributed by atoms with Crippen molar-refractivity contribution in [3.8, 4) is 0 Å². The van der Waals surface area contributed by atoms with E-state index in [0.717, 1.165) is 12.8 Å². The van der Waals surface area contributed by atoms with E-state index in [9.17, 15) is 9.59 Å². The smallest absolute Gasteiger partial charge is 0.326 e. The molecular formula is C11H22N2O4. The standard InChI is InChI=1S/C11H22N2O4/c1-4-5-6-9(10(14)15)13-11(16)12-7-8(2)17-3/h8-9H,4-7H2,1-3H3,(H,14,15)(H2,12,13,16). The number of ether oxygens (including phenoxy) is 1. The van der Waals surface area contributed by atoms with Crippen LogP contribution >= 0.6 is 0 Å². The fourth-order valence-electron chi connectivity index (χ4n) is 1.19. The number of hydrogen-bond acceptors (Lipinski definition) is 3. The summed E-state index contributed by atoms with van der Waals surface area (Å²) in [4.78, 5) is 22.3. The number of aliphatic carboxylic acids is 1. The van der Waals surface area contributed by atoms with Crippen molar-refractivity contribution in [1.82, 2.24) is 10.6 Å². The van der Waals surface area contributed by atoms with Crippen LogP contribution in [0.25, 0.3) is 0 Å². The van der Waals surface area contributed by atoms with Gasteiger partial charge in [0.2, 0.25) is 0 Å². The summed E-state index contributed by atoms with van der Waals surface area (Å²) in [6.45, 7) is 4.13. The van der Waals surface area contributed by atoms with E-state index in [1.54, 1.807) is 7.11 Å². The second-order valence-electron chi connectivity index (χ2n) is 3.93. The lowest BCUT2D eigenvalue weighted by atomic mass is 10.1. The molecule has 6 heteroatoms. The van der Waals surface area contributed by atoms with Gasteiger partial charge in [0.15, 0.2) is 0 Å². The second-order valence-corrected chi connectivity index (χ2v) is 3.93. The molecule has 0 aliphatic heterocycles. The molecule has 3 N–H and O–H groups in total. The van der Waals surface area contributed by atoms with Gasteiger partial charge in [-0.15, -0.1) is 0 Å². The molecule has 0 aromatic heterocycles. The molecule has 17 heavy (non-hydrogen) atoms. The molecule has 0 rings (SSSR count). The van der Waals surface area contributed by atoms with Gasteiger partial charge in [0, 0.05) is 13.7 Å². The zero-order valence-corrected chi connectivity index (χ0v) is 10.7. The van der Waals surface area contributed by atoms with Crippen LogP contribution in [-0.4, -0.2) is 42.9 Å². The average Bonchev–Trinajstić information content (AvgIpc) is 2.30. The fraction of sp³-hybridized carbons (Fsp3) is 0.818. The van der Waals surface area contributed by atoms with Gasteiger partial charge in [0.1, 0.15) is 6.04 Å². The number of unbranched alkanes of at least 4 members (excludes halogenated alkanes) is 1. The maximum absolute atomic E-state index is 11.4. The van der Waals surface area contributed by atoms with Crippen LogP contribution < -0.4 is 10.6 Å². The Hall–Kier alpha value is -1.30. The molecule has 0 aliphatic rings. The molecule has 2 atom stereocenters. The number of carbonyl (C=O) groups excluding carboxylic acids is 1. The molecule has 0 aromatic carbocycles. The summed E-state index contributed by atoms with van der Waals surface area (Å²) in [6, 6.07) is -1.30. The number of urea groups is 1. The zero-order chi connectivity index (χ0) is 13.3. The van der Waals surface area contributed by atoms with Crippen molar-refractivity contribution in [3.05, 3.63) is 0 Å². The van der Waals surface area contributed by atoms with E-state index in [-0.39, 0.29) is 6.10 Å².